The van der Waals surface area contributed by atoms with Crippen molar-refractivity contribution in [2.45, 2.75) is 0 Å². The van der Waals surface area contributed by atoms with Crippen molar-refractivity contribution in [2.24, 2.45) is 0 Å². The molecule has 5 heteroatoms. The molecule has 0 unspecified atom stereocenters. The van der Waals surface area contributed by atoms with Crippen LogP contribution in [0.25, 0.3) is 11.1 Å². The molecule has 0 saturated carbocycles. The predicted molar refractivity (Wildman–Crippen MR) is 66.1 cm³/mol. The molecule has 0 saturated heterocycles. The van der Waals surface area contributed by atoms with Crippen molar-refractivity contribution in [1.82, 2.24) is 0 Å². The van der Waals surface area contributed by atoms with Gasteiger partial charge < -0.3 is 10.2 Å². The lowest BCUT2D eigenvalue weighted by Gasteiger charge is -2.00. The first-order valence-corrected chi connectivity index (χ1v) is 6.05. The number of carbonyl (C=O) groups is 1. The molecular weight excluding hydrogens is 292 g/mol. The maximum atomic E-state index is 10.7. The molecule has 0 amide bonds. The van der Waals surface area contributed by atoms with Crippen LogP contribution in [0.1, 0.15) is 9.67 Å². The Bertz CT molecular complexity index is 528. The van der Waals surface area contributed by atoms with Gasteiger partial charge in [0, 0.05) is 4.47 Å². The first-order chi connectivity index (χ1) is 7.56. The van der Waals surface area contributed by atoms with Crippen molar-refractivity contribution < 1.29 is 15.0 Å². The average Bonchev–Trinajstić information content (AvgIpc) is 2.64. The Hall–Kier alpha value is -1.33. The van der Waals surface area contributed by atoms with Crippen LogP contribution in [0, 0.1) is 0 Å². The largest absolute Gasteiger partial charge is 0.508 e. The molecule has 82 valence electrons. The van der Waals surface area contributed by atoms with Crippen molar-refractivity contribution in [1.29, 1.82) is 0 Å². The maximum absolute atomic E-state index is 10.7. The number of thiophene rings is 1. The number of hydrogen-bond acceptors (Lipinski definition) is 3. The van der Waals surface area contributed by atoms with Gasteiger partial charge in [0.25, 0.3) is 0 Å². The summed E-state index contributed by atoms with van der Waals surface area (Å²) < 4.78 is 0.755. The van der Waals surface area contributed by atoms with E-state index in [2.05, 4.69) is 15.9 Å². The Morgan fingerprint density at radius 3 is 2.50 bits per heavy atom. The number of phenolic OH excluding ortho intramolecular Hbond substituents is 1. The van der Waals surface area contributed by atoms with E-state index in [9.17, 15) is 9.90 Å². The molecule has 2 rings (SSSR count). The monoisotopic (exact) mass is 298 g/mol. The summed E-state index contributed by atoms with van der Waals surface area (Å²) in [6.45, 7) is 0. The highest BCUT2D eigenvalue weighted by Crippen LogP contribution is 2.31. The number of aromatic carboxylic acids is 1. The van der Waals surface area contributed by atoms with E-state index in [1.807, 2.05) is 6.07 Å². The summed E-state index contributed by atoms with van der Waals surface area (Å²) in [5.41, 5.74) is 1.58. The Labute approximate surface area is 104 Å². The van der Waals surface area contributed by atoms with E-state index in [0.717, 1.165) is 15.6 Å². The number of carboxylic acid groups (broad SMARTS) is 1. The highest BCUT2D eigenvalue weighted by atomic mass is 79.9. The molecule has 0 aliphatic heterocycles. The molecule has 3 nitrogen and oxygen atoms in total. The van der Waals surface area contributed by atoms with Gasteiger partial charge in [-0.2, -0.15) is 0 Å². The lowest BCUT2D eigenvalue weighted by molar-refractivity contribution is 0.0702. The van der Waals surface area contributed by atoms with Crippen LogP contribution in [0.2, 0.25) is 0 Å². The van der Waals surface area contributed by atoms with E-state index in [4.69, 9.17) is 5.11 Å². The van der Waals surface area contributed by atoms with E-state index in [1.165, 1.54) is 11.3 Å². The van der Waals surface area contributed by atoms with Gasteiger partial charge in [-0.3, -0.25) is 0 Å². The fraction of sp³-hybridized carbons (Fsp3) is 0. The number of phenols is 1. The van der Waals surface area contributed by atoms with Crippen molar-refractivity contribution in [3.8, 4) is 16.9 Å². The summed E-state index contributed by atoms with van der Waals surface area (Å²) >= 11 is 4.44. The summed E-state index contributed by atoms with van der Waals surface area (Å²) in [6, 6.07) is 6.59. The van der Waals surface area contributed by atoms with Crippen molar-refractivity contribution in [2.75, 3.05) is 0 Å². The van der Waals surface area contributed by atoms with Gasteiger partial charge in [0.2, 0.25) is 0 Å². The van der Waals surface area contributed by atoms with E-state index in [-0.39, 0.29) is 10.6 Å². The third-order valence-electron chi connectivity index (χ3n) is 2.03. The van der Waals surface area contributed by atoms with Crippen LogP contribution in [-0.4, -0.2) is 16.2 Å². The molecule has 0 radical (unpaired) electrons. The number of aromatic hydroxyl groups is 1. The summed E-state index contributed by atoms with van der Waals surface area (Å²) in [4.78, 5) is 11.0. The van der Waals surface area contributed by atoms with Crippen LogP contribution in [0.4, 0.5) is 0 Å². The normalized spacial score (nSPS) is 10.3. The molecule has 1 aromatic heterocycles. The van der Waals surface area contributed by atoms with E-state index < -0.39 is 5.97 Å². The zero-order chi connectivity index (χ0) is 11.7. The van der Waals surface area contributed by atoms with Gasteiger partial charge in [-0.05, 0) is 40.8 Å². The molecule has 0 aliphatic rings. The standard InChI is InChI=1S/C11H7BrO3S/c12-8-1-6(2-9(13)4-8)7-3-10(11(14)15)16-5-7/h1-5,13H,(H,14,15). The molecule has 0 spiro atoms. The minimum Gasteiger partial charge on any atom is -0.508 e. The smallest absolute Gasteiger partial charge is 0.345 e. The summed E-state index contributed by atoms with van der Waals surface area (Å²) in [6.07, 6.45) is 0. The predicted octanol–water partition coefficient (Wildman–Crippen LogP) is 3.58. The number of halogens is 1. The van der Waals surface area contributed by atoms with Crippen LogP contribution in [0.3, 0.4) is 0 Å². The molecule has 2 aromatic rings. The van der Waals surface area contributed by atoms with Gasteiger partial charge in [0.15, 0.2) is 0 Å². The lowest BCUT2D eigenvalue weighted by atomic mass is 10.1. The molecule has 0 fully saturated rings. The second-order valence-corrected chi connectivity index (χ2v) is 5.03. The molecule has 1 heterocycles. The Balaban J connectivity index is 2.46. The summed E-state index contributed by atoms with van der Waals surface area (Å²) in [7, 11) is 0. The van der Waals surface area contributed by atoms with Crippen LogP contribution in [-0.2, 0) is 0 Å². The van der Waals surface area contributed by atoms with Gasteiger partial charge in [-0.1, -0.05) is 15.9 Å². The van der Waals surface area contributed by atoms with E-state index in [1.54, 1.807) is 23.6 Å². The van der Waals surface area contributed by atoms with Crippen LogP contribution < -0.4 is 0 Å². The summed E-state index contributed by atoms with van der Waals surface area (Å²) in [5, 5.41) is 20.0. The Kier molecular flexibility index (Phi) is 2.98. The zero-order valence-corrected chi connectivity index (χ0v) is 10.4. The fourth-order valence-electron chi connectivity index (χ4n) is 1.34. The summed E-state index contributed by atoms with van der Waals surface area (Å²) in [5.74, 6) is -0.789. The number of carboxylic acids is 1. The van der Waals surface area contributed by atoms with Gasteiger partial charge in [0.1, 0.15) is 10.6 Å². The first kappa shape index (κ1) is 11.2. The first-order valence-electron chi connectivity index (χ1n) is 4.38. The molecule has 1 aromatic carbocycles. The Morgan fingerprint density at radius 2 is 1.94 bits per heavy atom. The van der Waals surface area contributed by atoms with Gasteiger partial charge in [-0.15, -0.1) is 11.3 Å². The highest BCUT2D eigenvalue weighted by Gasteiger charge is 2.09. The van der Waals surface area contributed by atoms with Crippen molar-refractivity contribution in [3.63, 3.8) is 0 Å². The quantitative estimate of drug-likeness (QED) is 0.891. The molecule has 16 heavy (non-hydrogen) atoms. The van der Waals surface area contributed by atoms with E-state index in [0.29, 0.717) is 0 Å². The lowest BCUT2D eigenvalue weighted by Crippen LogP contribution is -1.89. The molecule has 0 bridgehead atoms. The van der Waals surface area contributed by atoms with Crippen LogP contribution in [0.15, 0.2) is 34.1 Å². The molecule has 0 aliphatic carbocycles. The second kappa shape index (κ2) is 4.27. The Morgan fingerprint density at radius 1 is 1.19 bits per heavy atom. The van der Waals surface area contributed by atoms with Crippen molar-refractivity contribution >= 4 is 33.2 Å². The zero-order valence-electron chi connectivity index (χ0n) is 7.98. The number of benzene rings is 1. The van der Waals surface area contributed by atoms with Crippen LogP contribution in [0.5, 0.6) is 5.75 Å². The topological polar surface area (TPSA) is 57.5 Å². The number of rotatable bonds is 2. The molecule has 0 atom stereocenters. The third kappa shape index (κ3) is 2.25. The van der Waals surface area contributed by atoms with Gasteiger partial charge in [-0.25, -0.2) is 4.79 Å². The fourth-order valence-corrected chi connectivity index (χ4v) is 2.58. The minimum absolute atomic E-state index is 0.146. The minimum atomic E-state index is -0.935. The third-order valence-corrected chi connectivity index (χ3v) is 3.40. The van der Waals surface area contributed by atoms with Gasteiger partial charge in [0.05, 0.1) is 0 Å². The van der Waals surface area contributed by atoms with Crippen LogP contribution >= 0.6 is 27.3 Å². The number of hydrogen-bond donors (Lipinski definition) is 2. The molecular formula is C11H7BrO3S. The van der Waals surface area contributed by atoms with E-state index >= 15 is 0 Å². The van der Waals surface area contributed by atoms with Crippen molar-refractivity contribution in [3.05, 3.63) is 39.0 Å². The SMILES string of the molecule is O=C(O)c1cc(-c2cc(O)cc(Br)c2)cs1. The highest BCUT2D eigenvalue weighted by molar-refractivity contribution is 9.10. The van der Waals surface area contributed by atoms with Gasteiger partial charge >= 0.3 is 5.97 Å². The maximum Gasteiger partial charge on any atom is 0.345 e. The average molecular weight is 299 g/mol. The second-order valence-electron chi connectivity index (χ2n) is 3.20. The molecule has 2 N–H and O–H groups in total.